The van der Waals surface area contributed by atoms with Gasteiger partial charge in [-0.3, -0.25) is 9.78 Å². The molecule has 2 aromatic rings. The molecule has 0 saturated heterocycles. The summed E-state index contributed by atoms with van der Waals surface area (Å²) in [5.41, 5.74) is 6.87. The Balaban J connectivity index is 2.69. The number of hydrogen-bond donors (Lipinski definition) is 2. The number of H-pyrrole nitrogens is 1. The maximum atomic E-state index is 11.8. The van der Waals surface area contributed by atoms with Crippen molar-refractivity contribution in [1.29, 1.82) is 0 Å². The van der Waals surface area contributed by atoms with Gasteiger partial charge in [0.1, 0.15) is 0 Å². The van der Waals surface area contributed by atoms with E-state index in [1.807, 2.05) is 20.8 Å². The van der Waals surface area contributed by atoms with E-state index in [-0.39, 0.29) is 11.5 Å². The Kier molecular flexibility index (Phi) is 2.97. The molecular weight excluding hydrogens is 218 g/mol. The largest absolute Gasteiger partial charge is 0.330 e. The molecule has 3 N–H and O–H groups in total. The summed E-state index contributed by atoms with van der Waals surface area (Å²) in [6.07, 6.45) is 0.550. The fourth-order valence-corrected chi connectivity index (χ4v) is 1.80. The van der Waals surface area contributed by atoms with Crippen LogP contribution in [-0.2, 0) is 6.42 Å². The molecule has 0 bridgehead atoms. The van der Waals surface area contributed by atoms with E-state index in [4.69, 9.17) is 5.73 Å². The lowest BCUT2D eigenvalue weighted by Gasteiger charge is -2.04. The van der Waals surface area contributed by atoms with Crippen molar-refractivity contribution in [3.63, 3.8) is 0 Å². The Hall–Kier alpha value is -1.69. The van der Waals surface area contributed by atoms with E-state index in [1.165, 1.54) is 0 Å². The van der Waals surface area contributed by atoms with Gasteiger partial charge in [-0.25, -0.2) is 4.52 Å². The quantitative estimate of drug-likeness (QED) is 0.803. The molecule has 0 radical (unpaired) electrons. The smallest absolute Gasteiger partial charge is 0.255 e. The van der Waals surface area contributed by atoms with Gasteiger partial charge in [-0.15, -0.1) is 5.10 Å². The molecule has 6 nitrogen and oxygen atoms in total. The van der Waals surface area contributed by atoms with E-state index >= 15 is 0 Å². The second kappa shape index (κ2) is 4.29. The molecule has 92 valence electrons. The molecule has 6 heteroatoms. The van der Waals surface area contributed by atoms with Gasteiger partial charge in [0.05, 0.1) is 5.69 Å². The molecule has 0 aliphatic rings. The van der Waals surface area contributed by atoms with Crippen LogP contribution in [-0.4, -0.2) is 26.1 Å². The van der Waals surface area contributed by atoms with Gasteiger partial charge in [-0.2, -0.15) is 4.98 Å². The van der Waals surface area contributed by atoms with Crippen LogP contribution in [0, 0.1) is 6.92 Å². The summed E-state index contributed by atoms with van der Waals surface area (Å²) in [5, 5.41) is 4.39. The lowest BCUT2D eigenvalue weighted by Crippen LogP contribution is -2.21. The zero-order valence-electron chi connectivity index (χ0n) is 10.3. The van der Waals surface area contributed by atoms with Crippen LogP contribution in [0.25, 0.3) is 5.78 Å². The monoisotopic (exact) mass is 235 g/mol. The molecule has 2 heterocycles. The maximum Gasteiger partial charge on any atom is 0.255 e. The number of rotatable bonds is 3. The second-order valence-electron chi connectivity index (χ2n) is 4.42. The minimum absolute atomic E-state index is 0.122. The Bertz CT molecular complexity index is 596. The molecule has 2 aromatic heterocycles. The van der Waals surface area contributed by atoms with Crippen LogP contribution < -0.4 is 11.3 Å². The van der Waals surface area contributed by atoms with Crippen molar-refractivity contribution in [3.05, 3.63) is 27.4 Å². The number of fused-ring (bicyclic) bond motifs is 1. The van der Waals surface area contributed by atoms with Gasteiger partial charge in [0.25, 0.3) is 5.56 Å². The predicted octanol–water partition coefficient (Wildman–Crippen LogP) is 0.351. The number of aromatic nitrogens is 4. The van der Waals surface area contributed by atoms with Gasteiger partial charge in [0.2, 0.25) is 5.78 Å². The molecule has 0 aromatic carbocycles. The van der Waals surface area contributed by atoms with Gasteiger partial charge in [-0.05, 0) is 19.9 Å². The number of nitrogens with zero attached hydrogens (tertiary/aromatic N) is 3. The molecule has 0 unspecified atom stereocenters. The van der Waals surface area contributed by atoms with Gasteiger partial charge in [0.15, 0.2) is 5.82 Å². The first-order chi connectivity index (χ1) is 8.04. The average Bonchev–Trinajstić information content (AvgIpc) is 2.68. The Morgan fingerprint density at radius 3 is 2.76 bits per heavy atom. The van der Waals surface area contributed by atoms with Gasteiger partial charge >= 0.3 is 0 Å². The summed E-state index contributed by atoms with van der Waals surface area (Å²) < 4.78 is 1.68. The third-order valence-corrected chi connectivity index (χ3v) is 2.79. The van der Waals surface area contributed by atoms with Crippen molar-refractivity contribution >= 4 is 5.78 Å². The van der Waals surface area contributed by atoms with Gasteiger partial charge in [-0.1, -0.05) is 13.8 Å². The van der Waals surface area contributed by atoms with Crippen LogP contribution in [0.1, 0.15) is 36.8 Å². The van der Waals surface area contributed by atoms with E-state index in [9.17, 15) is 4.79 Å². The molecule has 0 atom stereocenters. The summed E-state index contributed by atoms with van der Waals surface area (Å²) in [4.78, 5) is 18.9. The SMILES string of the molecule is Cc1c(CCN)c(=O)[nH]c2nc(C(C)C)nn12. The Morgan fingerprint density at radius 2 is 2.18 bits per heavy atom. The van der Waals surface area contributed by atoms with Crippen LogP contribution >= 0.6 is 0 Å². The van der Waals surface area contributed by atoms with Crippen molar-refractivity contribution in [1.82, 2.24) is 19.6 Å². The normalized spacial score (nSPS) is 11.6. The molecule has 0 spiro atoms. The molecule has 2 rings (SSSR count). The molecule has 0 amide bonds. The summed E-state index contributed by atoms with van der Waals surface area (Å²) in [6, 6.07) is 0. The summed E-state index contributed by atoms with van der Waals surface area (Å²) in [7, 11) is 0. The van der Waals surface area contributed by atoms with Crippen LogP contribution in [0.15, 0.2) is 4.79 Å². The number of hydrogen-bond acceptors (Lipinski definition) is 4. The highest BCUT2D eigenvalue weighted by Crippen LogP contribution is 2.11. The molecule has 0 saturated carbocycles. The van der Waals surface area contributed by atoms with E-state index in [1.54, 1.807) is 4.52 Å². The highest BCUT2D eigenvalue weighted by Gasteiger charge is 2.13. The van der Waals surface area contributed by atoms with E-state index < -0.39 is 0 Å². The van der Waals surface area contributed by atoms with Crippen LogP contribution in [0.5, 0.6) is 0 Å². The molecule has 0 fully saturated rings. The van der Waals surface area contributed by atoms with Crippen LogP contribution in [0.3, 0.4) is 0 Å². The van der Waals surface area contributed by atoms with Crippen LogP contribution in [0.2, 0.25) is 0 Å². The van der Waals surface area contributed by atoms with E-state index in [0.29, 0.717) is 24.3 Å². The zero-order chi connectivity index (χ0) is 12.6. The van der Waals surface area contributed by atoms with Crippen molar-refractivity contribution in [3.8, 4) is 0 Å². The van der Waals surface area contributed by atoms with E-state index in [2.05, 4.69) is 15.1 Å². The van der Waals surface area contributed by atoms with Crippen molar-refractivity contribution < 1.29 is 0 Å². The maximum absolute atomic E-state index is 11.8. The average molecular weight is 235 g/mol. The van der Waals surface area contributed by atoms with Crippen molar-refractivity contribution in [2.45, 2.75) is 33.1 Å². The Morgan fingerprint density at radius 1 is 1.47 bits per heavy atom. The van der Waals surface area contributed by atoms with Crippen molar-refractivity contribution in [2.24, 2.45) is 5.73 Å². The number of aryl methyl sites for hydroxylation is 1. The van der Waals surface area contributed by atoms with Gasteiger partial charge in [0, 0.05) is 11.5 Å². The second-order valence-corrected chi connectivity index (χ2v) is 4.42. The summed E-state index contributed by atoms with van der Waals surface area (Å²) in [6.45, 7) is 6.35. The summed E-state index contributed by atoms with van der Waals surface area (Å²) >= 11 is 0. The molecule has 0 aliphatic carbocycles. The number of aromatic amines is 1. The highest BCUT2D eigenvalue weighted by atomic mass is 16.1. The summed E-state index contributed by atoms with van der Waals surface area (Å²) in [5.74, 6) is 1.46. The molecular formula is C11H17N5O. The fourth-order valence-electron chi connectivity index (χ4n) is 1.80. The fraction of sp³-hybridized carbons (Fsp3) is 0.545. The minimum Gasteiger partial charge on any atom is -0.330 e. The van der Waals surface area contributed by atoms with Crippen molar-refractivity contribution in [2.75, 3.05) is 6.54 Å². The first-order valence-corrected chi connectivity index (χ1v) is 5.73. The standard InChI is InChI=1S/C11H17N5O/c1-6(2)9-13-11-14-10(17)8(4-5-12)7(3)16(11)15-9/h6H,4-5,12H2,1-3H3,(H,13,14,15,17). The third-order valence-electron chi connectivity index (χ3n) is 2.79. The third kappa shape index (κ3) is 1.95. The number of nitrogens with one attached hydrogen (secondary N) is 1. The highest BCUT2D eigenvalue weighted by molar-refractivity contribution is 5.33. The lowest BCUT2D eigenvalue weighted by molar-refractivity contribution is 0.751. The van der Waals surface area contributed by atoms with Gasteiger partial charge < -0.3 is 5.73 Å². The molecule has 17 heavy (non-hydrogen) atoms. The first kappa shape index (κ1) is 11.8. The van der Waals surface area contributed by atoms with Crippen LogP contribution in [0.4, 0.5) is 0 Å². The predicted molar refractivity (Wildman–Crippen MR) is 65.2 cm³/mol. The topological polar surface area (TPSA) is 89.1 Å². The minimum atomic E-state index is -0.122. The molecule has 0 aliphatic heterocycles. The van der Waals surface area contributed by atoms with E-state index in [0.717, 1.165) is 11.5 Å². The number of nitrogens with two attached hydrogens (primary N) is 1. The lowest BCUT2D eigenvalue weighted by atomic mass is 10.2. The zero-order valence-corrected chi connectivity index (χ0v) is 10.3. The first-order valence-electron chi connectivity index (χ1n) is 5.73. The Labute approximate surface area is 98.9 Å².